The highest BCUT2D eigenvalue weighted by molar-refractivity contribution is 7.89. The Balaban J connectivity index is 1.86. The molecule has 0 saturated carbocycles. The van der Waals surface area contributed by atoms with Gasteiger partial charge in [-0.3, -0.25) is 9.36 Å². The maximum absolute atomic E-state index is 14.4. The molecule has 13 nitrogen and oxygen atoms in total. The molecule has 2 amide bonds. The molecule has 0 radical (unpaired) electrons. The third kappa shape index (κ3) is 16.6. The summed E-state index contributed by atoms with van der Waals surface area (Å²) in [6.45, 7) is 13.4. The van der Waals surface area contributed by atoms with Crippen LogP contribution in [0.1, 0.15) is 83.6 Å². The number of carbonyl (C=O) groups is 3. The lowest BCUT2D eigenvalue weighted by atomic mass is 9.98. The van der Waals surface area contributed by atoms with E-state index in [2.05, 4.69) is 15.4 Å². The zero-order valence-corrected chi connectivity index (χ0v) is 34.6. The summed E-state index contributed by atoms with van der Waals surface area (Å²) in [7, 11) is -8.89. The molecule has 4 atom stereocenters. The second-order valence-electron chi connectivity index (χ2n) is 15.8. The smallest absolute Gasteiger partial charge is 0.407 e. The van der Waals surface area contributed by atoms with Gasteiger partial charge in [0.15, 0.2) is 0 Å². The molecule has 3 rings (SSSR count). The third-order valence-electron chi connectivity index (χ3n) is 7.97. The van der Waals surface area contributed by atoms with Crippen molar-refractivity contribution in [2.45, 2.75) is 104 Å². The van der Waals surface area contributed by atoms with Gasteiger partial charge in [-0.05, 0) is 76.1 Å². The SMILES string of the molecule is CC(C)C(NS(=O)(=O)CC(Cc1ccccc1)NC(=O)OCc1ccccc1)P(=O)(O)CC(C(=O)OC(C)(C)C)c1cccc(CNC(=O)OC(C)(C)C)c1. The Hall–Kier alpha value is -4.23. The van der Waals surface area contributed by atoms with Crippen LogP contribution in [-0.2, 0) is 53.2 Å². The Morgan fingerprint density at radius 1 is 0.782 bits per heavy atom. The molecule has 0 aliphatic heterocycles. The largest absolute Gasteiger partial charge is 0.459 e. The molecule has 3 aromatic carbocycles. The third-order valence-corrected chi connectivity index (χ3v) is 12.1. The zero-order valence-electron chi connectivity index (χ0n) is 32.9. The van der Waals surface area contributed by atoms with E-state index in [-0.39, 0.29) is 19.6 Å². The van der Waals surface area contributed by atoms with E-state index in [9.17, 15) is 32.3 Å². The summed E-state index contributed by atoms with van der Waals surface area (Å²) < 4.78 is 60.8. The number of benzene rings is 3. The van der Waals surface area contributed by atoms with E-state index in [0.29, 0.717) is 11.1 Å². The molecule has 4 unspecified atom stereocenters. The Kier molecular flexibility index (Phi) is 16.1. The summed E-state index contributed by atoms with van der Waals surface area (Å²) in [5.41, 5.74) is 0.788. The van der Waals surface area contributed by atoms with Crippen molar-refractivity contribution in [1.29, 1.82) is 0 Å². The van der Waals surface area contributed by atoms with Crippen LogP contribution in [0.25, 0.3) is 0 Å². The van der Waals surface area contributed by atoms with Crippen molar-refractivity contribution in [2.24, 2.45) is 5.92 Å². The van der Waals surface area contributed by atoms with Gasteiger partial charge in [0.05, 0.1) is 17.7 Å². The van der Waals surface area contributed by atoms with Gasteiger partial charge in [0.1, 0.15) is 23.6 Å². The van der Waals surface area contributed by atoms with Crippen LogP contribution >= 0.6 is 7.37 Å². The van der Waals surface area contributed by atoms with Gasteiger partial charge < -0.3 is 29.7 Å². The van der Waals surface area contributed by atoms with Crippen LogP contribution in [0, 0.1) is 5.92 Å². The lowest BCUT2D eigenvalue weighted by molar-refractivity contribution is -0.156. The van der Waals surface area contributed by atoms with Crippen LogP contribution < -0.4 is 15.4 Å². The Labute approximate surface area is 325 Å². The number of rotatable bonds is 17. The van der Waals surface area contributed by atoms with E-state index in [1.54, 1.807) is 128 Å². The van der Waals surface area contributed by atoms with Crippen LogP contribution in [-0.4, -0.2) is 66.4 Å². The van der Waals surface area contributed by atoms with Crippen molar-refractivity contribution in [1.82, 2.24) is 15.4 Å². The first kappa shape index (κ1) is 45.2. The second-order valence-corrected chi connectivity index (χ2v) is 20.0. The minimum atomic E-state index is -4.54. The highest BCUT2D eigenvalue weighted by Crippen LogP contribution is 2.52. The Morgan fingerprint density at radius 2 is 1.35 bits per heavy atom. The van der Waals surface area contributed by atoms with Gasteiger partial charge in [-0.15, -0.1) is 0 Å². The van der Waals surface area contributed by atoms with Crippen molar-refractivity contribution < 1.29 is 46.5 Å². The monoisotopic (exact) mass is 801 g/mol. The van der Waals surface area contributed by atoms with Gasteiger partial charge in [0.2, 0.25) is 17.4 Å². The second kappa shape index (κ2) is 19.6. The van der Waals surface area contributed by atoms with Crippen molar-refractivity contribution in [3.8, 4) is 0 Å². The maximum Gasteiger partial charge on any atom is 0.407 e. The minimum Gasteiger partial charge on any atom is -0.459 e. The lowest BCUT2D eigenvalue weighted by Crippen LogP contribution is -2.47. The molecule has 302 valence electrons. The summed E-state index contributed by atoms with van der Waals surface area (Å²) in [5, 5.41) is 5.31. The van der Waals surface area contributed by atoms with Gasteiger partial charge in [-0.25, -0.2) is 22.7 Å². The number of nitrogens with one attached hydrogen (secondary N) is 3. The quantitative estimate of drug-likeness (QED) is 0.0640. The van der Waals surface area contributed by atoms with Gasteiger partial charge in [-0.2, -0.15) is 0 Å². The topological polar surface area (TPSA) is 186 Å². The van der Waals surface area contributed by atoms with Crippen LogP contribution in [0.4, 0.5) is 9.59 Å². The van der Waals surface area contributed by atoms with E-state index in [1.807, 2.05) is 12.1 Å². The predicted molar refractivity (Wildman–Crippen MR) is 212 cm³/mol. The van der Waals surface area contributed by atoms with E-state index in [4.69, 9.17) is 14.2 Å². The molecule has 0 bridgehead atoms. The number of hydrogen-bond acceptors (Lipinski definition) is 9. The summed E-state index contributed by atoms with van der Waals surface area (Å²) in [6, 6.07) is 23.6. The molecular weight excluding hydrogens is 745 g/mol. The van der Waals surface area contributed by atoms with Gasteiger partial charge >= 0.3 is 18.2 Å². The molecule has 0 heterocycles. The van der Waals surface area contributed by atoms with Crippen molar-refractivity contribution in [3.05, 3.63) is 107 Å². The molecule has 3 aromatic rings. The van der Waals surface area contributed by atoms with E-state index < -0.39 is 82.3 Å². The summed E-state index contributed by atoms with van der Waals surface area (Å²) in [4.78, 5) is 50.5. The fraction of sp³-hybridized carbons (Fsp3) is 0.475. The molecule has 55 heavy (non-hydrogen) atoms. The Morgan fingerprint density at radius 3 is 1.91 bits per heavy atom. The van der Waals surface area contributed by atoms with Gasteiger partial charge in [0, 0.05) is 12.7 Å². The van der Waals surface area contributed by atoms with Crippen LogP contribution in [0.5, 0.6) is 0 Å². The highest BCUT2D eigenvalue weighted by Gasteiger charge is 2.42. The first-order valence-corrected chi connectivity index (χ1v) is 21.7. The predicted octanol–water partition coefficient (Wildman–Crippen LogP) is 6.85. The maximum atomic E-state index is 14.4. The van der Waals surface area contributed by atoms with E-state index in [1.165, 1.54) is 0 Å². The number of sulfonamides is 1. The normalized spacial score (nSPS) is 14.9. The fourth-order valence-corrected chi connectivity index (χ4v) is 10.3. The summed E-state index contributed by atoms with van der Waals surface area (Å²) in [5.74, 6) is -4.86. The number of amides is 2. The number of alkyl carbamates (subject to hydrolysis) is 2. The summed E-state index contributed by atoms with van der Waals surface area (Å²) in [6.07, 6.45) is -1.98. The average molecular weight is 802 g/mol. The van der Waals surface area contributed by atoms with Crippen molar-refractivity contribution in [2.75, 3.05) is 11.9 Å². The first-order valence-electron chi connectivity index (χ1n) is 18.1. The summed E-state index contributed by atoms with van der Waals surface area (Å²) >= 11 is 0. The number of carbonyl (C=O) groups excluding carboxylic acids is 3. The van der Waals surface area contributed by atoms with Crippen molar-refractivity contribution in [3.63, 3.8) is 0 Å². The molecule has 0 fully saturated rings. The van der Waals surface area contributed by atoms with E-state index >= 15 is 0 Å². The van der Waals surface area contributed by atoms with E-state index in [0.717, 1.165) is 11.1 Å². The molecular formula is C40H56N3O10PS. The molecule has 4 N–H and O–H groups in total. The average Bonchev–Trinajstić information content (AvgIpc) is 3.07. The van der Waals surface area contributed by atoms with Crippen LogP contribution in [0.3, 0.4) is 0 Å². The molecule has 15 heteroatoms. The van der Waals surface area contributed by atoms with Gasteiger partial charge in [-0.1, -0.05) is 98.8 Å². The van der Waals surface area contributed by atoms with Crippen molar-refractivity contribution >= 4 is 35.5 Å². The lowest BCUT2D eigenvalue weighted by Gasteiger charge is -2.31. The first-order chi connectivity index (χ1) is 25.5. The highest BCUT2D eigenvalue weighted by atomic mass is 32.2. The Bertz CT molecular complexity index is 1880. The fourth-order valence-electron chi connectivity index (χ4n) is 5.64. The number of hydrogen-bond donors (Lipinski definition) is 4. The van der Waals surface area contributed by atoms with Gasteiger partial charge in [0.25, 0.3) is 0 Å². The number of ether oxygens (including phenoxy) is 3. The standard InChI is InChI=1S/C40H56N3O10PS/c1-28(2)35(43-55(49,50)27-33(23-29-16-11-9-12-17-29)42-38(46)51-25-30-18-13-10-14-19-30)54(47,48)26-34(36(44)52-39(3,4)5)32-21-15-20-31(22-32)24-41-37(45)53-40(6,7)8/h9-22,28,33-35,43H,23-27H2,1-8H3,(H,41,45)(H,42,46)(H,47,48). The molecule has 0 aromatic heterocycles. The molecule has 0 saturated heterocycles. The van der Waals surface area contributed by atoms with Crippen LogP contribution in [0.2, 0.25) is 0 Å². The number of esters is 1. The molecule has 0 aliphatic carbocycles. The van der Waals surface area contributed by atoms with Crippen LogP contribution in [0.15, 0.2) is 84.9 Å². The molecule has 0 spiro atoms. The minimum absolute atomic E-state index is 0.0270. The zero-order chi connectivity index (χ0) is 41.0. The molecule has 0 aliphatic rings.